The molecule has 0 aliphatic carbocycles. The quantitative estimate of drug-likeness (QED) is 0.606. The number of anilines is 1. The van der Waals surface area contributed by atoms with E-state index in [1.165, 1.54) is 6.20 Å². The van der Waals surface area contributed by atoms with Crippen LogP contribution in [-0.4, -0.2) is 39.2 Å². The van der Waals surface area contributed by atoms with Crippen LogP contribution in [-0.2, 0) is 0 Å². The summed E-state index contributed by atoms with van der Waals surface area (Å²) < 4.78 is 0. The second kappa shape index (κ2) is 6.01. The Bertz CT molecular complexity index is 438. The first-order chi connectivity index (χ1) is 8.35. The largest absolute Gasteiger partial charge is 0.387 e. The summed E-state index contributed by atoms with van der Waals surface area (Å²) >= 11 is 1.55. The Morgan fingerprint density at radius 1 is 1.67 bits per heavy atom. The molecular formula is C11H17N3O3S. The normalized spacial score (nSPS) is 14.0. The van der Waals surface area contributed by atoms with E-state index in [0.717, 1.165) is 0 Å². The molecule has 0 spiro atoms. The second-order valence-corrected chi connectivity index (χ2v) is 5.26. The first-order valence-corrected chi connectivity index (χ1v) is 6.81. The molecule has 0 aliphatic heterocycles. The van der Waals surface area contributed by atoms with E-state index in [1.807, 2.05) is 6.26 Å². The van der Waals surface area contributed by atoms with Crippen molar-refractivity contribution in [1.29, 1.82) is 0 Å². The van der Waals surface area contributed by atoms with E-state index < -0.39 is 10.5 Å². The zero-order valence-electron chi connectivity index (χ0n) is 10.6. The number of aromatic nitrogens is 1. The molecule has 1 atom stereocenters. The fourth-order valence-corrected chi connectivity index (χ4v) is 2.20. The van der Waals surface area contributed by atoms with Gasteiger partial charge >= 0.3 is 0 Å². The third-order valence-electron chi connectivity index (χ3n) is 2.39. The Labute approximate surface area is 110 Å². The minimum Gasteiger partial charge on any atom is -0.387 e. The Morgan fingerprint density at radius 2 is 2.33 bits per heavy atom. The third kappa shape index (κ3) is 4.15. The highest BCUT2D eigenvalue weighted by Gasteiger charge is 2.20. The molecule has 0 saturated heterocycles. The van der Waals surface area contributed by atoms with Crippen LogP contribution >= 0.6 is 11.8 Å². The van der Waals surface area contributed by atoms with E-state index in [2.05, 4.69) is 10.3 Å². The molecule has 100 valence electrons. The van der Waals surface area contributed by atoms with Gasteiger partial charge in [0.05, 0.1) is 10.5 Å². The fourth-order valence-electron chi connectivity index (χ4n) is 1.48. The van der Waals surface area contributed by atoms with Gasteiger partial charge in [0.1, 0.15) is 12.0 Å². The van der Waals surface area contributed by atoms with Gasteiger partial charge in [-0.3, -0.25) is 10.1 Å². The maximum Gasteiger partial charge on any atom is 0.290 e. The summed E-state index contributed by atoms with van der Waals surface area (Å²) in [6, 6.07) is 1.60. The lowest BCUT2D eigenvalue weighted by Crippen LogP contribution is -2.36. The number of thioether (sulfide) groups is 1. The van der Waals surface area contributed by atoms with Gasteiger partial charge in [0.15, 0.2) is 0 Å². The number of rotatable bonds is 6. The molecule has 7 heteroatoms. The van der Waals surface area contributed by atoms with Crippen LogP contribution in [0, 0.1) is 17.0 Å². The van der Waals surface area contributed by atoms with Gasteiger partial charge in [-0.15, -0.1) is 0 Å². The number of nitro groups is 1. The SMILES string of the molecule is CSCC(C)(O)CNc1cc(C)c([N+](=O)[O-])cn1. The number of hydrogen-bond donors (Lipinski definition) is 2. The molecule has 0 aromatic carbocycles. The summed E-state index contributed by atoms with van der Waals surface area (Å²) in [5.74, 6) is 1.13. The molecule has 1 rings (SSSR count). The number of nitrogens with one attached hydrogen (secondary N) is 1. The molecule has 0 bridgehead atoms. The second-order valence-electron chi connectivity index (χ2n) is 4.40. The van der Waals surface area contributed by atoms with Crippen LogP contribution in [0.25, 0.3) is 0 Å². The molecule has 1 unspecified atom stereocenters. The van der Waals surface area contributed by atoms with Gasteiger partial charge in [0.2, 0.25) is 0 Å². The first kappa shape index (κ1) is 14.7. The summed E-state index contributed by atoms with van der Waals surface area (Å²) in [6.45, 7) is 3.73. The zero-order chi connectivity index (χ0) is 13.8. The summed E-state index contributed by atoms with van der Waals surface area (Å²) in [6.07, 6.45) is 3.14. The highest BCUT2D eigenvalue weighted by Crippen LogP contribution is 2.19. The summed E-state index contributed by atoms with van der Waals surface area (Å²) in [5.41, 5.74) is -0.296. The van der Waals surface area contributed by atoms with E-state index in [9.17, 15) is 15.2 Å². The Morgan fingerprint density at radius 3 is 2.83 bits per heavy atom. The Balaban J connectivity index is 2.70. The van der Waals surface area contributed by atoms with Gasteiger partial charge in [-0.25, -0.2) is 4.98 Å². The predicted octanol–water partition coefficient (Wildman–Crippen LogP) is 1.82. The van der Waals surface area contributed by atoms with Crippen molar-refractivity contribution in [3.05, 3.63) is 27.9 Å². The minimum absolute atomic E-state index is 0.00331. The number of hydrogen-bond acceptors (Lipinski definition) is 6. The van der Waals surface area contributed by atoms with Crippen LogP contribution < -0.4 is 5.32 Å². The molecular weight excluding hydrogens is 254 g/mol. The van der Waals surface area contributed by atoms with Gasteiger partial charge in [-0.05, 0) is 26.2 Å². The maximum atomic E-state index is 10.6. The molecule has 18 heavy (non-hydrogen) atoms. The van der Waals surface area contributed by atoms with E-state index in [0.29, 0.717) is 23.7 Å². The number of nitrogens with zero attached hydrogens (tertiary/aromatic N) is 2. The highest BCUT2D eigenvalue weighted by molar-refractivity contribution is 7.98. The van der Waals surface area contributed by atoms with Crippen LogP contribution in [0.15, 0.2) is 12.3 Å². The molecule has 1 aromatic rings. The lowest BCUT2D eigenvalue weighted by molar-refractivity contribution is -0.385. The van der Waals surface area contributed by atoms with Crippen LogP contribution in [0.1, 0.15) is 12.5 Å². The maximum absolute atomic E-state index is 10.6. The number of aliphatic hydroxyl groups is 1. The van der Waals surface area contributed by atoms with Crippen molar-refractivity contribution in [1.82, 2.24) is 4.98 Å². The molecule has 0 aliphatic rings. The minimum atomic E-state index is -0.837. The fraction of sp³-hybridized carbons (Fsp3) is 0.545. The number of aryl methyl sites for hydroxylation is 1. The van der Waals surface area contributed by atoms with E-state index >= 15 is 0 Å². The average Bonchev–Trinajstić information content (AvgIpc) is 2.26. The van der Waals surface area contributed by atoms with Gasteiger partial charge in [0, 0.05) is 17.9 Å². The molecule has 1 aromatic heterocycles. The van der Waals surface area contributed by atoms with Crippen LogP contribution in [0.3, 0.4) is 0 Å². The average molecular weight is 271 g/mol. The Hall–Kier alpha value is -1.34. The lowest BCUT2D eigenvalue weighted by Gasteiger charge is -2.22. The van der Waals surface area contributed by atoms with Gasteiger partial charge in [-0.1, -0.05) is 0 Å². The van der Waals surface area contributed by atoms with Crippen molar-refractivity contribution < 1.29 is 10.0 Å². The zero-order valence-corrected chi connectivity index (χ0v) is 11.5. The standard InChI is InChI=1S/C11H17N3O3S/c1-8-4-10(12-5-9(8)14(16)17)13-6-11(2,15)7-18-3/h4-5,15H,6-7H2,1-3H3,(H,12,13). The molecule has 0 saturated carbocycles. The molecule has 0 radical (unpaired) electrons. The topological polar surface area (TPSA) is 88.3 Å². The molecule has 2 N–H and O–H groups in total. The van der Waals surface area contributed by atoms with Crippen molar-refractivity contribution in [2.45, 2.75) is 19.4 Å². The molecule has 0 fully saturated rings. The van der Waals surface area contributed by atoms with Crippen LogP contribution in [0.2, 0.25) is 0 Å². The molecule has 6 nitrogen and oxygen atoms in total. The van der Waals surface area contributed by atoms with E-state index in [4.69, 9.17) is 0 Å². The summed E-state index contributed by atoms with van der Waals surface area (Å²) in [7, 11) is 0. The van der Waals surface area contributed by atoms with Gasteiger partial charge < -0.3 is 10.4 Å². The van der Waals surface area contributed by atoms with E-state index in [1.54, 1.807) is 31.7 Å². The van der Waals surface area contributed by atoms with Crippen molar-refractivity contribution >= 4 is 23.3 Å². The highest BCUT2D eigenvalue weighted by atomic mass is 32.2. The van der Waals surface area contributed by atoms with Crippen molar-refractivity contribution in [2.75, 3.05) is 23.9 Å². The summed E-state index contributed by atoms with van der Waals surface area (Å²) in [4.78, 5) is 14.1. The van der Waals surface area contributed by atoms with Crippen molar-refractivity contribution in [2.24, 2.45) is 0 Å². The molecule has 1 heterocycles. The van der Waals surface area contributed by atoms with Gasteiger partial charge in [0.25, 0.3) is 5.69 Å². The third-order valence-corrected chi connectivity index (χ3v) is 3.30. The van der Waals surface area contributed by atoms with Crippen molar-refractivity contribution in [3.63, 3.8) is 0 Å². The van der Waals surface area contributed by atoms with Crippen molar-refractivity contribution in [3.8, 4) is 0 Å². The number of pyridine rings is 1. The smallest absolute Gasteiger partial charge is 0.290 e. The van der Waals surface area contributed by atoms with Crippen LogP contribution in [0.4, 0.5) is 11.5 Å². The van der Waals surface area contributed by atoms with Crippen LogP contribution in [0.5, 0.6) is 0 Å². The lowest BCUT2D eigenvalue weighted by atomic mass is 10.1. The van der Waals surface area contributed by atoms with Gasteiger partial charge in [-0.2, -0.15) is 11.8 Å². The molecule has 0 amide bonds. The Kier molecular flexibility index (Phi) is 4.92. The monoisotopic (exact) mass is 271 g/mol. The predicted molar refractivity (Wildman–Crippen MR) is 73.1 cm³/mol. The first-order valence-electron chi connectivity index (χ1n) is 5.42. The summed E-state index contributed by atoms with van der Waals surface area (Å²) in [5, 5.41) is 23.6. The van der Waals surface area contributed by atoms with E-state index in [-0.39, 0.29) is 5.69 Å².